The van der Waals surface area contributed by atoms with E-state index in [2.05, 4.69) is 11.4 Å². The Balaban J connectivity index is 1.41. The first-order valence-electron chi connectivity index (χ1n) is 10.3. The van der Waals surface area contributed by atoms with Crippen LogP contribution in [0, 0.1) is 5.92 Å². The van der Waals surface area contributed by atoms with Crippen LogP contribution in [0.15, 0.2) is 54.6 Å². The summed E-state index contributed by atoms with van der Waals surface area (Å²) in [5.41, 5.74) is 1.73. The third kappa shape index (κ3) is 4.31. The van der Waals surface area contributed by atoms with Crippen LogP contribution >= 0.6 is 11.3 Å². The zero-order valence-corrected chi connectivity index (χ0v) is 18.1. The van der Waals surface area contributed by atoms with E-state index in [9.17, 15) is 9.59 Å². The van der Waals surface area contributed by atoms with Crippen LogP contribution in [0.25, 0.3) is 10.2 Å². The summed E-state index contributed by atoms with van der Waals surface area (Å²) in [5, 5.41) is 3.85. The Morgan fingerprint density at radius 3 is 2.67 bits per heavy atom. The van der Waals surface area contributed by atoms with Gasteiger partial charge in [0.1, 0.15) is 5.01 Å². The maximum Gasteiger partial charge on any atom is 0.321 e. The number of nitrogens with one attached hydrogen (secondary N) is 1. The molecule has 0 unspecified atom stereocenters. The van der Waals surface area contributed by atoms with Gasteiger partial charge in [-0.1, -0.05) is 30.3 Å². The molecule has 0 bridgehead atoms. The van der Waals surface area contributed by atoms with E-state index >= 15 is 0 Å². The van der Waals surface area contributed by atoms with Crippen LogP contribution in [-0.2, 0) is 4.79 Å². The number of thiazole rings is 1. The van der Waals surface area contributed by atoms with Gasteiger partial charge in [-0.2, -0.15) is 0 Å². The fourth-order valence-corrected chi connectivity index (χ4v) is 4.86. The van der Waals surface area contributed by atoms with E-state index in [-0.39, 0.29) is 23.9 Å². The molecule has 0 aliphatic carbocycles. The summed E-state index contributed by atoms with van der Waals surface area (Å²) in [6, 6.07) is 17.2. The predicted molar refractivity (Wildman–Crippen MR) is 121 cm³/mol. The second-order valence-electron chi connectivity index (χ2n) is 7.73. The number of amides is 3. The van der Waals surface area contributed by atoms with Crippen LogP contribution in [0.4, 0.5) is 10.5 Å². The van der Waals surface area contributed by atoms with E-state index in [1.165, 1.54) is 0 Å². The molecule has 1 aliphatic heterocycles. The standard InChI is InChI=1S/C23H26N4O2S/c1-16(21-25-19-12-6-7-13-20(19)30-21)26(2)22(28)17-9-8-14-27(15-17)23(29)24-18-10-4-3-5-11-18/h3-7,10-13,16-17H,8-9,14-15H2,1-2H3,(H,24,29)/t16-,17+/m0/s1. The zero-order valence-electron chi connectivity index (χ0n) is 17.2. The number of benzene rings is 2. The van der Waals surface area contributed by atoms with Gasteiger partial charge in [0.15, 0.2) is 0 Å². The third-order valence-electron chi connectivity index (χ3n) is 5.68. The molecule has 2 heterocycles. The number of piperidine rings is 1. The molecule has 1 N–H and O–H groups in total. The van der Waals surface area contributed by atoms with Crippen LogP contribution in [0.5, 0.6) is 0 Å². The molecule has 0 radical (unpaired) electrons. The highest BCUT2D eigenvalue weighted by molar-refractivity contribution is 7.18. The molecule has 7 heteroatoms. The number of carbonyl (C=O) groups is 2. The quantitative estimate of drug-likeness (QED) is 0.659. The average molecular weight is 423 g/mol. The Hall–Kier alpha value is -2.93. The van der Waals surface area contributed by atoms with E-state index in [4.69, 9.17) is 4.98 Å². The molecule has 2 aromatic carbocycles. The Bertz CT molecular complexity index is 1000. The largest absolute Gasteiger partial charge is 0.336 e. The molecular weight excluding hydrogens is 396 g/mol. The number of likely N-dealkylation sites (tertiary alicyclic amines) is 1. The molecule has 6 nitrogen and oxygen atoms in total. The minimum Gasteiger partial charge on any atom is -0.336 e. The summed E-state index contributed by atoms with van der Waals surface area (Å²) < 4.78 is 1.13. The molecule has 0 spiro atoms. The van der Waals surface area contributed by atoms with E-state index in [0.717, 1.165) is 33.8 Å². The van der Waals surface area contributed by atoms with Crippen molar-refractivity contribution in [3.8, 4) is 0 Å². The smallest absolute Gasteiger partial charge is 0.321 e. The van der Waals surface area contributed by atoms with Crippen molar-refractivity contribution >= 4 is 39.2 Å². The highest BCUT2D eigenvalue weighted by Crippen LogP contribution is 2.30. The Labute approximate surface area is 180 Å². The fraction of sp³-hybridized carbons (Fsp3) is 0.348. The van der Waals surface area contributed by atoms with Crippen molar-refractivity contribution in [3.63, 3.8) is 0 Å². The van der Waals surface area contributed by atoms with Crippen LogP contribution in [-0.4, -0.2) is 46.9 Å². The molecule has 1 saturated heterocycles. The van der Waals surface area contributed by atoms with Gasteiger partial charge in [-0.25, -0.2) is 9.78 Å². The number of aromatic nitrogens is 1. The lowest BCUT2D eigenvalue weighted by Crippen LogP contribution is -2.47. The molecule has 2 atom stereocenters. The van der Waals surface area contributed by atoms with E-state index in [1.807, 2.05) is 62.5 Å². The monoisotopic (exact) mass is 422 g/mol. The van der Waals surface area contributed by atoms with Crippen LogP contribution in [0.1, 0.15) is 30.8 Å². The maximum atomic E-state index is 13.2. The summed E-state index contributed by atoms with van der Waals surface area (Å²) in [4.78, 5) is 34.1. The maximum absolute atomic E-state index is 13.2. The molecule has 1 aliphatic rings. The summed E-state index contributed by atoms with van der Waals surface area (Å²) in [5.74, 6) is -0.124. The summed E-state index contributed by atoms with van der Waals surface area (Å²) >= 11 is 1.62. The van der Waals surface area contributed by atoms with Crippen molar-refractivity contribution in [3.05, 3.63) is 59.6 Å². The number of carbonyl (C=O) groups excluding carboxylic acids is 2. The summed E-state index contributed by atoms with van der Waals surface area (Å²) in [6.45, 7) is 3.12. The molecule has 3 amide bonds. The molecule has 0 saturated carbocycles. The van der Waals surface area contributed by atoms with E-state index in [1.54, 1.807) is 21.1 Å². The molecule has 30 heavy (non-hydrogen) atoms. The Morgan fingerprint density at radius 1 is 1.17 bits per heavy atom. The number of anilines is 1. The number of nitrogens with zero attached hydrogens (tertiary/aromatic N) is 3. The summed E-state index contributed by atoms with van der Waals surface area (Å²) in [6.07, 6.45) is 1.62. The number of urea groups is 1. The minimum absolute atomic E-state index is 0.0685. The Morgan fingerprint density at radius 2 is 1.90 bits per heavy atom. The number of hydrogen-bond acceptors (Lipinski definition) is 4. The minimum atomic E-state index is -0.192. The highest BCUT2D eigenvalue weighted by atomic mass is 32.1. The van der Waals surface area contributed by atoms with Crippen molar-refractivity contribution in [2.45, 2.75) is 25.8 Å². The van der Waals surface area contributed by atoms with Crippen molar-refractivity contribution < 1.29 is 9.59 Å². The number of rotatable bonds is 4. The highest BCUT2D eigenvalue weighted by Gasteiger charge is 2.32. The van der Waals surface area contributed by atoms with Gasteiger partial charge in [-0.05, 0) is 44.0 Å². The van der Waals surface area contributed by atoms with Gasteiger partial charge in [0.25, 0.3) is 0 Å². The van der Waals surface area contributed by atoms with Gasteiger partial charge in [-0.15, -0.1) is 11.3 Å². The van der Waals surface area contributed by atoms with Crippen LogP contribution < -0.4 is 5.32 Å². The first-order chi connectivity index (χ1) is 14.5. The molecule has 4 rings (SSSR count). The van der Waals surface area contributed by atoms with Crippen molar-refractivity contribution in [2.24, 2.45) is 5.92 Å². The lowest BCUT2D eigenvalue weighted by Gasteiger charge is -2.35. The van der Waals surface area contributed by atoms with Crippen molar-refractivity contribution in [1.82, 2.24) is 14.8 Å². The Kier molecular flexibility index (Phi) is 5.99. The van der Waals surface area contributed by atoms with E-state index < -0.39 is 0 Å². The molecule has 3 aromatic rings. The van der Waals surface area contributed by atoms with Gasteiger partial charge in [0, 0.05) is 25.8 Å². The van der Waals surface area contributed by atoms with Crippen molar-refractivity contribution in [2.75, 3.05) is 25.5 Å². The van der Waals surface area contributed by atoms with Crippen molar-refractivity contribution in [1.29, 1.82) is 0 Å². The summed E-state index contributed by atoms with van der Waals surface area (Å²) in [7, 11) is 1.84. The van der Waals surface area contributed by atoms with E-state index in [0.29, 0.717) is 13.1 Å². The number of fused-ring (bicyclic) bond motifs is 1. The average Bonchev–Trinajstić information content (AvgIpc) is 3.22. The predicted octanol–water partition coefficient (Wildman–Crippen LogP) is 4.76. The lowest BCUT2D eigenvalue weighted by molar-refractivity contribution is -0.137. The van der Waals surface area contributed by atoms with Crippen LogP contribution in [0.3, 0.4) is 0 Å². The van der Waals surface area contributed by atoms with Crippen LogP contribution in [0.2, 0.25) is 0 Å². The molecule has 156 valence electrons. The lowest BCUT2D eigenvalue weighted by atomic mass is 9.96. The van der Waals surface area contributed by atoms with Gasteiger partial charge < -0.3 is 15.1 Å². The normalized spacial score (nSPS) is 17.5. The van der Waals surface area contributed by atoms with Gasteiger partial charge in [-0.3, -0.25) is 4.79 Å². The van der Waals surface area contributed by atoms with Gasteiger partial charge in [0.2, 0.25) is 5.91 Å². The molecule has 1 fully saturated rings. The number of para-hydroxylation sites is 2. The van der Waals surface area contributed by atoms with Gasteiger partial charge in [0.05, 0.1) is 22.2 Å². The second kappa shape index (κ2) is 8.83. The first kappa shape index (κ1) is 20.3. The third-order valence-corrected chi connectivity index (χ3v) is 6.89. The fourth-order valence-electron chi connectivity index (χ4n) is 3.80. The topological polar surface area (TPSA) is 65.5 Å². The molecule has 1 aromatic heterocycles. The van der Waals surface area contributed by atoms with Gasteiger partial charge >= 0.3 is 6.03 Å². The first-order valence-corrected chi connectivity index (χ1v) is 11.1. The SMILES string of the molecule is C[C@@H](c1nc2ccccc2s1)N(C)C(=O)[C@@H]1CCCN(C(=O)Nc2ccccc2)C1. The zero-order chi connectivity index (χ0) is 21.1. The number of hydrogen-bond donors (Lipinski definition) is 1. The molecular formula is C23H26N4O2S. The second-order valence-corrected chi connectivity index (χ2v) is 8.79.